The van der Waals surface area contributed by atoms with Crippen molar-refractivity contribution in [1.29, 1.82) is 5.41 Å². The van der Waals surface area contributed by atoms with Crippen molar-refractivity contribution >= 4 is 28.7 Å². The van der Waals surface area contributed by atoms with Crippen molar-refractivity contribution in [2.24, 2.45) is 7.05 Å². The Balaban J connectivity index is 1.64. The SMILES string of the molecule is Cc1ccc2c(c1)c(NCC(=O)NCCN(C)C1CCCCC1)c(C=N)c(=O)n2C. The summed E-state index contributed by atoms with van der Waals surface area (Å²) in [6, 6.07) is 6.44. The number of fused-ring (bicyclic) bond motifs is 1. The van der Waals surface area contributed by atoms with Crippen molar-refractivity contribution in [3.63, 3.8) is 0 Å². The summed E-state index contributed by atoms with van der Waals surface area (Å²) < 4.78 is 1.54. The highest BCUT2D eigenvalue weighted by atomic mass is 16.2. The Morgan fingerprint density at radius 1 is 1.30 bits per heavy atom. The molecule has 1 fully saturated rings. The van der Waals surface area contributed by atoms with Gasteiger partial charge in [-0.2, -0.15) is 0 Å². The molecule has 1 aromatic carbocycles. The number of nitrogens with zero attached hydrogens (tertiary/aromatic N) is 2. The molecular formula is C23H33N5O2. The van der Waals surface area contributed by atoms with Crippen LogP contribution in [0.15, 0.2) is 23.0 Å². The van der Waals surface area contributed by atoms with E-state index in [1.807, 2.05) is 25.1 Å². The molecule has 7 heteroatoms. The van der Waals surface area contributed by atoms with E-state index in [-0.39, 0.29) is 23.6 Å². The average Bonchev–Trinajstić information content (AvgIpc) is 2.75. The van der Waals surface area contributed by atoms with Crippen LogP contribution in [0.2, 0.25) is 0 Å². The highest BCUT2D eigenvalue weighted by Gasteiger charge is 2.18. The third-order valence-electron chi connectivity index (χ3n) is 6.14. The Labute approximate surface area is 178 Å². The molecule has 3 N–H and O–H groups in total. The number of rotatable bonds is 8. The lowest BCUT2D eigenvalue weighted by atomic mass is 9.94. The maximum absolute atomic E-state index is 12.6. The first kappa shape index (κ1) is 22.0. The summed E-state index contributed by atoms with van der Waals surface area (Å²) in [6.45, 7) is 3.47. The third-order valence-corrected chi connectivity index (χ3v) is 6.14. The number of anilines is 1. The monoisotopic (exact) mass is 411 g/mol. The number of carbonyl (C=O) groups excluding carboxylic acids is 1. The molecule has 1 saturated carbocycles. The molecule has 1 amide bonds. The predicted molar refractivity (Wildman–Crippen MR) is 123 cm³/mol. The second kappa shape index (κ2) is 9.89. The van der Waals surface area contributed by atoms with Gasteiger partial charge in [0.15, 0.2) is 0 Å². The second-order valence-electron chi connectivity index (χ2n) is 8.29. The molecule has 0 atom stereocenters. The number of hydrogen-bond acceptors (Lipinski definition) is 5. The van der Waals surface area contributed by atoms with E-state index in [2.05, 4.69) is 22.6 Å². The first-order chi connectivity index (χ1) is 14.4. The van der Waals surface area contributed by atoms with Gasteiger partial charge in [-0.25, -0.2) is 0 Å². The van der Waals surface area contributed by atoms with Gasteiger partial charge in [0.2, 0.25) is 5.91 Å². The van der Waals surface area contributed by atoms with Gasteiger partial charge in [0, 0.05) is 37.8 Å². The Kier molecular flexibility index (Phi) is 7.26. The number of benzene rings is 1. The largest absolute Gasteiger partial charge is 0.375 e. The Bertz CT molecular complexity index is 976. The topological polar surface area (TPSA) is 90.2 Å². The van der Waals surface area contributed by atoms with Gasteiger partial charge < -0.3 is 25.5 Å². The van der Waals surface area contributed by atoms with Gasteiger partial charge in [-0.1, -0.05) is 30.9 Å². The number of pyridine rings is 1. The zero-order valence-corrected chi connectivity index (χ0v) is 18.3. The molecule has 1 aliphatic carbocycles. The number of amides is 1. The van der Waals surface area contributed by atoms with Gasteiger partial charge in [-0.15, -0.1) is 0 Å². The van der Waals surface area contributed by atoms with Crippen molar-refractivity contribution in [3.05, 3.63) is 39.7 Å². The molecule has 0 unspecified atom stereocenters. The van der Waals surface area contributed by atoms with Crippen molar-refractivity contribution < 1.29 is 4.79 Å². The minimum Gasteiger partial charge on any atom is -0.375 e. The second-order valence-corrected chi connectivity index (χ2v) is 8.29. The molecular weight excluding hydrogens is 378 g/mol. The lowest BCUT2D eigenvalue weighted by Crippen LogP contribution is -2.40. The summed E-state index contributed by atoms with van der Waals surface area (Å²) in [5, 5.41) is 14.6. The minimum absolute atomic E-state index is 0.0597. The average molecular weight is 412 g/mol. The van der Waals surface area contributed by atoms with Crippen LogP contribution in [0.3, 0.4) is 0 Å². The summed E-state index contributed by atoms with van der Waals surface area (Å²) in [6.07, 6.45) is 7.47. The molecule has 1 heterocycles. The van der Waals surface area contributed by atoms with Crippen molar-refractivity contribution in [1.82, 2.24) is 14.8 Å². The van der Waals surface area contributed by atoms with Gasteiger partial charge >= 0.3 is 0 Å². The van der Waals surface area contributed by atoms with Crippen LogP contribution >= 0.6 is 0 Å². The Hall–Kier alpha value is -2.67. The molecule has 1 aliphatic rings. The molecule has 3 rings (SSSR count). The van der Waals surface area contributed by atoms with Crippen molar-refractivity contribution in [3.8, 4) is 0 Å². The molecule has 162 valence electrons. The summed E-state index contributed by atoms with van der Waals surface area (Å²) in [7, 11) is 3.83. The Morgan fingerprint density at radius 3 is 2.73 bits per heavy atom. The molecule has 7 nitrogen and oxygen atoms in total. The van der Waals surface area contributed by atoms with E-state index in [1.54, 1.807) is 11.6 Å². The normalized spacial score (nSPS) is 14.8. The summed E-state index contributed by atoms with van der Waals surface area (Å²) in [4.78, 5) is 27.4. The van der Waals surface area contributed by atoms with Crippen LogP contribution in [0.25, 0.3) is 10.9 Å². The molecule has 0 aliphatic heterocycles. The van der Waals surface area contributed by atoms with Crippen molar-refractivity contribution in [2.75, 3.05) is 32.0 Å². The maximum Gasteiger partial charge on any atom is 0.261 e. The fraction of sp³-hybridized carbons (Fsp3) is 0.522. The highest BCUT2D eigenvalue weighted by Crippen LogP contribution is 2.25. The molecule has 0 radical (unpaired) electrons. The first-order valence-electron chi connectivity index (χ1n) is 10.8. The van der Waals surface area contributed by atoms with E-state index >= 15 is 0 Å². The molecule has 30 heavy (non-hydrogen) atoms. The molecule has 2 aromatic rings. The summed E-state index contributed by atoms with van der Waals surface area (Å²) >= 11 is 0. The first-order valence-corrected chi connectivity index (χ1v) is 10.8. The zero-order chi connectivity index (χ0) is 21.7. The van der Waals surface area contributed by atoms with E-state index < -0.39 is 0 Å². The molecule has 0 spiro atoms. The van der Waals surface area contributed by atoms with Crippen LogP contribution in [0.1, 0.15) is 43.2 Å². The number of hydrogen-bond donors (Lipinski definition) is 3. The van der Waals surface area contributed by atoms with Gasteiger partial charge in [0.25, 0.3) is 5.56 Å². The van der Waals surface area contributed by atoms with E-state index in [9.17, 15) is 9.59 Å². The number of aryl methyl sites for hydroxylation is 2. The summed E-state index contributed by atoms with van der Waals surface area (Å²) in [5.41, 5.74) is 2.38. The number of carbonyl (C=O) groups is 1. The van der Waals surface area contributed by atoms with Gasteiger partial charge in [0.1, 0.15) is 0 Å². The molecule has 1 aromatic heterocycles. The van der Waals surface area contributed by atoms with Crippen molar-refractivity contribution in [2.45, 2.75) is 45.1 Å². The number of nitrogens with one attached hydrogen (secondary N) is 3. The van der Waals surface area contributed by atoms with E-state index in [0.717, 1.165) is 29.2 Å². The third kappa shape index (κ3) is 4.90. The quantitative estimate of drug-likeness (QED) is 0.583. The molecule has 0 saturated heterocycles. The molecule has 0 bridgehead atoms. The van der Waals surface area contributed by atoms with Crippen LogP contribution in [0, 0.1) is 12.3 Å². The number of aromatic nitrogens is 1. The van der Waals surface area contributed by atoms with Crippen LogP contribution in [-0.4, -0.2) is 54.3 Å². The predicted octanol–water partition coefficient (Wildman–Crippen LogP) is 2.64. The van der Waals surface area contributed by atoms with E-state index in [0.29, 0.717) is 18.3 Å². The van der Waals surface area contributed by atoms with Crippen LogP contribution < -0.4 is 16.2 Å². The standard InChI is InChI=1S/C23H33N5O2/c1-16-9-10-20-18(13-16)22(19(14-24)23(30)28(20)3)26-15-21(29)25-11-12-27(2)17-7-5-4-6-8-17/h9-10,13-14,17,24,26H,4-8,11-12,15H2,1-3H3,(H,25,29). The highest BCUT2D eigenvalue weighted by molar-refractivity contribution is 6.02. The zero-order valence-electron chi connectivity index (χ0n) is 18.3. The lowest BCUT2D eigenvalue weighted by Gasteiger charge is -2.31. The fourth-order valence-corrected chi connectivity index (χ4v) is 4.32. The van der Waals surface area contributed by atoms with Crippen LogP contribution in [-0.2, 0) is 11.8 Å². The van der Waals surface area contributed by atoms with E-state index in [4.69, 9.17) is 5.41 Å². The Morgan fingerprint density at radius 2 is 2.03 bits per heavy atom. The van der Waals surface area contributed by atoms with Gasteiger partial charge in [0.05, 0.1) is 23.3 Å². The smallest absolute Gasteiger partial charge is 0.261 e. The maximum atomic E-state index is 12.6. The summed E-state index contributed by atoms with van der Waals surface area (Å²) in [5.74, 6) is -0.121. The van der Waals surface area contributed by atoms with Gasteiger partial charge in [-0.3, -0.25) is 9.59 Å². The van der Waals surface area contributed by atoms with Gasteiger partial charge in [-0.05, 0) is 38.9 Å². The van der Waals surface area contributed by atoms with Crippen LogP contribution in [0.5, 0.6) is 0 Å². The number of likely N-dealkylation sites (N-methyl/N-ethyl adjacent to an activating group) is 1. The fourth-order valence-electron chi connectivity index (χ4n) is 4.32. The lowest BCUT2D eigenvalue weighted by molar-refractivity contribution is -0.119. The van der Waals surface area contributed by atoms with Crippen LogP contribution in [0.4, 0.5) is 5.69 Å². The van der Waals surface area contributed by atoms with E-state index in [1.165, 1.54) is 32.1 Å². The minimum atomic E-state index is -0.252.